The third-order valence-electron chi connectivity index (χ3n) is 15.7. The Bertz CT molecular complexity index is 5570. The third-order valence-corrected chi connectivity index (χ3v) is 27.0. The number of benzene rings is 9. The van der Waals surface area contributed by atoms with E-state index in [4.69, 9.17) is 55.7 Å². The van der Waals surface area contributed by atoms with Gasteiger partial charge in [-0.3, -0.25) is 0 Å². The van der Waals surface area contributed by atoms with Crippen LogP contribution in [-0.2, 0) is 41.6 Å². The zero-order valence-electron chi connectivity index (χ0n) is 46.7. The van der Waals surface area contributed by atoms with Gasteiger partial charge in [0.25, 0.3) is 0 Å². The monoisotopic (exact) mass is 1380 g/mol. The molecule has 0 atom stereocenters. The molecule has 0 aliphatic carbocycles. The van der Waals surface area contributed by atoms with Crippen LogP contribution in [-0.4, -0.2) is 101 Å². The fraction of sp³-hybridized carbons (Fsp3) is 0.0968. The molecule has 0 saturated carbocycles. The first kappa shape index (κ1) is 58.0. The third kappa shape index (κ3) is 9.94. The molecule has 15 rings (SSSR count). The van der Waals surface area contributed by atoms with Crippen LogP contribution >= 0.6 is 24.1 Å². The van der Waals surface area contributed by atoms with Crippen LogP contribution in [0.4, 0.5) is 11.6 Å². The fourth-order valence-electron chi connectivity index (χ4n) is 12.0. The van der Waals surface area contributed by atoms with E-state index in [9.17, 15) is 31.2 Å². The number of amidine groups is 4. The second-order valence-corrected chi connectivity index (χ2v) is 31.4. The maximum absolute atomic E-state index is 14.2. The molecule has 0 unspecified atom stereocenters. The van der Waals surface area contributed by atoms with Crippen molar-refractivity contribution in [3.05, 3.63) is 173 Å². The quantitative estimate of drug-likeness (QED) is 0.0174. The summed E-state index contributed by atoms with van der Waals surface area (Å²) in [5.41, 5.74) is 3.32. The molecule has 4 N–H and O–H groups in total. The molecule has 0 amide bonds. The molecular weight excluding hydrogens is 1340 g/mol. The Morgan fingerprint density at radius 3 is 1.79 bits per heavy atom. The average Bonchev–Trinajstić information content (AvgIpc) is 1.54. The van der Waals surface area contributed by atoms with Crippen molar-refractivity contribution in [2.45, 2.75) is 41.4 Å². The summed E-state index contributed by atoms with van der Waals surface area (Å²) in [6.07, 6.45) is 1.38. The summed E-state index contributed by atoms with van der Waals surface area (Å²) in [7, 11) is -10.2. The molecule has 0 saturated heterocycles. The van der Waals surface area contributed by atoms with Crippen molar-refractivity contribution < 1.29 is 67.0 Å². The van der Waals surface area contributed by atoms with Crippen LogP contribution in [0.15, 0.2) is 184 Å². The van der Waals surface area contributed by atoms with Crippen molar-refractivity contribution in [3.63, 3.8) is 0 Å². The number of hydrogen-bond acceptors (Lipinski definition) is 21. The number of rotatable bonds is 16. The summed E-state index contributed by atoms with van der Waals surface area (Å²) in [6.45, 7) is 3.83. The molecule has 11 aromatic rings. The van der Waals surface area contributed by atoms with E-state index < -0.39 is 43.0 Å². The minimum absolute atomic E-state index is 0.0375. The maximum atomic E-state index is 14.2. The number of nitrogens with zero attached hydrogens (tertiary/aromatic N) is 8. The number of fused-ring (bicyclic) bond motifs is 18. The van der Waals surface area contributed by atoms with Gasteiger partial charge in [0.1, 0.15) is 0 Å². The predicted molar refractivity (Wildman–Crippen MR) is 340 cm³/mol. The summed E-state index contributed by atoms with van der Waals surface area (Å²) in [5.74, 6) is 7.12. The summed E-state index contributed by atoms with van der Waals surface area (Å²) < 4.78 is 109. The van der Waals surface area contributed by atoms with Gasteiger partial charge in [0.15, 0.2) is 0 Å². The van der Waals surface area contributed by atoms with Gasteiger partial charge in [-0.25, -0.2) is 5.26 Å². The summed E-state index contributed by atoms with van der Waals surface area (Å²) in [5, 5.41) is 32.4. The van der Waals surface area contributed by atoms with E-state index in [-0.39, 0.29) is 75.2 Å². The first-order valence-corrected chi connectivity index (χ1v) is 36.1. The zero-order valence-corrected chi connectivity index (χ0v) is 53.2. The van der Waals surface area contributed by atoms with Gasteiger partial charge in [-0.1, -0.05) is 5.04 Å². The topological polar surface area (TPSA) is 298 Å². The van der Waals surface area contributed by atoms with Crippen LogP contribution in [0.5, 0.6) is 11.5 Å². The Labute approximate surface area is 526 Å². The summed E-state index contributed by atoms with van der Waals surface area (Å²) in [4.78, 5) is 33.5. The molecule has 0 fully saturated rings. The van der Waals surface area contributed by atoms with Gasteiger partial charge in [-0.05, 0) is 0 Å². The van der Waals surface area contributed by atoms with Crippen LogP contribution in [0.2, 0.25) is 0 Å². The molecule has 23 nitrogen and oxygen atoms in total. The first-order valence-electron chi connectivity index (χ1n) is 27.6. The van der Waals surface area contributed by atoms with Crippen LogP contribution in [0.25, 0.3) is 75.8 Å². The average molecular weight is 1380 g/mol. The van der Waals surface area contributed by atoms with Gasteiger partial charge < -0.3 is 0 Å². The Hall–Kier alpha value is -8.35. The second-order valence-electron chi connectivity index (χ2n) is 20.9. The predicted octanol–water partition coefficient (Wildman–Crippen LogP) is 11.7. The van der Waals surface area contributed by atoms with Crippen LogP contribution in [0.1, 0.15) is 48.9 Å². The minimum atomic E-state index is -5.72. The summed E-state index contributed by atoms with van der Waals surface area (Å²) >= 11 is -4.18. The van der Waals surface area contributed by atoms with Crippen LogP contribution < -0.4 is 20.4 Å². The Morgan fingerprint density at radius 1 is 0.544 bits per heavy atom. The Balaban J connectivity index is 1.19. The zero-order chi connectivity index (χ0) is 61.7. The Kier molecular flexibility index (Phi) is 14.7. The molecule has 0 radical (unpaired) electrons. The number of aliphatic imine (C=N–C) groups is 4. The summed E-state index contributed by atoms with van der Waals surface area (Å²) in [6, 6.07) is 41.2. The van der Waals surface area contributed by atoms with E-state index in [1.807, 2.05) is 85.8 Å². The van der Waals surface area contributed by atoms with E-state index >= 15 is 0 Å². The van der Waals surface area contributed by atoms with Crippen LogP contribution in [0.3, 0.4) is 0 Å². The fourth-order valence-corrected chi connectivity index (χ4v) is 22.2. The first-order chi connectivity index (χ1) is 43.7. The van der Waals surface area contributed by atoms with E-state index in [2.05, 4.69) is 21.9 Å². The van der Waals surface area contributed by atoms with E-state index in [1.54, 1.807) is 60.6 Å². The molecule has 90 heavy (non-hydrogen) atoms. The van der Waals surface area contributed by atoms with Gasteiger partial charge in [-0.15, -0.1) is 0 Å². The Morgan fingerprint density at radius 2 is 1.11 bits per heavy atom. The van der Waals surface area contributed by atoms with Crippen LogP contribution in [0, 0.1) is 11.8 Å². The van der Waals surface area contributed by atoms with Crippen molar-refractivity contribution in [3.8, 4) is 34.5 Å². The van der Waals surface area contributed by atoms with Crippen molar-refractivity contribution in [2.75, 3.05) is 13.2 Å². The van der Waals surface area contributed by atoms with Gasteiger partial charge in [0, 0.05) is 0 Å². The molecule has 0 spiro atoms. The van der Waals surface area contributed by atoms with E-state index in [1.165, 1.54) is 12.1 Å². The molecule has 4 aliphatic heterocycles. The van der Waals surface area contributed by atoms with Gasteiger partial charge in [0.05, 0.1) is 0 Å². The number of unbranched alkanes of at least 4 members (excludes halogenated alkanes) is 1. The van der Waals surface area contributed by atoms with Crippen molar-refractivity contribution in [1.29, 1.82) is 0 Å². The molecule has 2 aromatic heterocycles. The number of ether oxygens (including phenoxy) is 2. The molecule has 6 bridgehead atoms. The number of aromatic nitrogens is 2. The van der Waals surface area contributed by atoms with Crippen molar-refractivity contribution >= 4 is 167 Å². The molecule has 9 aromatic carbocycles. The van der Waals surface area contributed by atoms with Gasteiger partial charge in [-0.2, -0.15) is 0 Å². The second kappa shape index (κ2) is 22.8. The standard InChI is InChI=1S/C62H40N8O11S3.In.H2O4S/c1-3-5-23-76-53-42-13-9-10-14-43(42)54(77-24-6-4-2)52-51(53)61-67-57-45-28-34-18-22-40(84(73,74)75)26-37(34)31-47(45)56(65-57)63-55-44-27-33-17-21-39(83-81-79-72)25-36(33)30-46(44)58(64-55)66-60-50-48(59(68-60)69-62(52)70-61)29-35-11-7-8-12-41(35)49(50)32-15-19-38(20-16-32)82-80-78-71;;1-5(2,3)4/h7-22,25-31H,3,5,23-24H2,1-2H3,(H3-2,63,64,65,66,67,68,69,70,71,72,73,74,75);;(H2,1,2,3,4)/q-2;+3;/p-1. The molecule has 28 heteroatoms. The van der Waals surface area contributed by atoms with Gasteiger partial charge >= 0.3 is 520 Å². The van der Waals surface area contributed by atoms with Crippen molar-refractivity contribution in [1.82, 2.24) is 5.11 Å². The van der Waals surface area contributed by atoms with E-state index in [0.29, 0.717) is 104 Å². The molecular formula is C62H41InN8O15S4. The number of hydrogen-bond donors (Lipinski definition) is 4. The molecule has 4 aliphatic rings. The SMILES string of the molecule is CC#CCOc1c2ccccc2c(OCCCC)c2c3[n]4c(c12)=NC1=NC(=Nc2c5cc6cc(SOOO)ccc6cc5c([n]2[In]4[O]S(=O)(=O)O)N=C2N=C(N=3)c3cc4ccc(S(=O)(=O)O)cc4cc32)c2c1cc1ccccc1c2-c1ccc(SOOO)cc1. The normalized spacial score (nSPS) is 14.0. The molecule has 6 heterocycles. The van der Waals surface area contributed by atoms with E-state index in [0.717, 1.165) is 41.3 Å². The van der Waals surface area contributed by atoms with Crippen molar-refractivity contribution in [2.24, 2.45) is 30.0 Å². The van der Waals surface area contributed by atoms with Gasteiger partial charge in [0.2, 0.25) is 0 Å². The molecule has 446 valence electrons.